The third kappa shape index (κ3) is 3.67. The summed E-state index contributed by atoms with van der Waals surface area (Å²) in [6.07, 6.45) is 4.49. The van der Waals surface area contributed by atoms with Gasteiger partial charge in [0.05, 0.1) is 11.5 Å². The van der Waals surface area contributed by atoms with Gasteiger partial charge in [-0.05, 0) is 55.2 Å². The molecule has 2 atom stereocenters. The highest BCUT2D eigenvalue weighted by atomic mass is 32.2. The van der Waals surface area contributed by atoms with E-state index in [1.807, 2.05) is 0 Å². The van der Waals surface area contributed by atoms with Crippen LogP contribution < -0.4 is 5.32 Å². The average molecular weight is 307 g/mol. The topological polar surface area (TPSA) is 46.2 Å². The van der Waals surface area contributed by atoms with Gasteiger partial charge < -0.3 is 5.32 Å². The molecular weight excluding hydrogens is 282 g/mol. The predicted octanol–water partition coefficient (Wildman–Crippen LogP) is 3.04. The molecule has 1 aromatic rings. The fourth-order valence-corrected chi connectivity index (χ4v) is 5.18. The third-order valence-electron chi connectivity index (χ3n) is 4.70. The van der Waals surface area contributed by atoms with Gasteiger partial charge in [-0.25, -0.2) is 8.42 Å². The van der Waals surface area contributed by atoms with Crippen molar-refractivity contribution in [1.29, 1.82) is 0 Å². The largest absolute Gasteiger partial charge is 0.310 e. The molecule has 0 bridgehead atoms. The molecule has 1 heterocycles. The first-order valence-electron chi connectivity index (χ1n) is 8.13. The van der Waals surface area contributed by atoms with Crippen LogP contribution in [-0.4, -0.2) is 26.5 Å². The van der Waals surface area contributed by atoms with E-state index in [9.17, 15) is 8.42 Å². The third-order valence-corrected chi connectivity index (χ3v) is 6.49. The Kier molecular flexibility index (Phi) is 4.36. The van der Waals surface area contributed by atoms with Crippen molar-refractivity contribution in [2.75, 3.05) is 18.1 Å². The second-order valence-corrected chi connectivity index (χ2v) is 8.76. The smallest absolute Gasteiger partial charge is 0.150 e. The fourth-order valence-electron chi connectivity index (χ4n) is 3.34. The van der Waals surface area contributed by atoms with Crippen molar-refractivity contribution in [2.24, 2.45) is 5.92 Å². The Morgan fingerprint density at radius 1 is 1.19 bits per heavy atom. The normalized spacial score (nSPS) is 25.9. The first-order chi connectivity index (χ1) is 10.1. The van der Waals surface area contributed by atoms with Gasteiger partial charge in [-0.1, -0.05) is 31.2 Å². The Hall–Kier alpha value is -0.870. The molecule has 0 aromatic heterocycles. The van der Waals surface area contributed by atoms with Crippen molar-refractivity contribution < 1.29 is 8.42 Å². The molecule has 1 aliphatic carbocycles. The molecule has 3 rings (SSSR count). The van der Waals surface area contributed by atoms with Crippen molar-refractivity contribution in [3.63, 3.8) is 0 Å². The fraction of sp³-hybridized carbons (Fsp3) is 0.647. The first-order valence-corrected chi connectivity index (χ1v) is 9.95. The van der Waals surface area contributed by atoms with Crippen molar-refractivity contribution in [3.05, 3.63) is 35.4 Å². The molecule has 1 aromatic carbocycles. The summed E-state index contributed by atoms with van der Waals surface area (Å²) in [4.78, 5) is 0. The van der Waals surface area contributed by atoms with Crippen LogP contribution in [0.5, 0.6) is 0 Å². The maximum atomic E-state index is 11.8. The Morgan fingerprint density at radius 3 is 2.43 bits per heavy atom. The molecule has 2 aliphatic rings. The molecule has 116 valence electrons. The second kappa shape index (κ2) is 6.09. The molecule has 0 amide bonds. The maximum absolute atomic E-state index is 11.8. The molecule has 0 radical (unpaired) electrons. The number of benzene rings is 1. The van der Waals surface area contributed by atoms with Crippen LogP contribution in [0.2, 0.25) is 0 Å². The first kappa shape index (κ1) is 15.0. The standard InChI is InChI=1S/C17H25NO2S/c1-2-10-18-17(16-9-11-21(19,20)12-16)15-7-5-14(6-8-15)13-3-4-13/h5-8,13,16-18H,2-4,9-12H2,1H3. The lowest BCUT2D eigenvalue weighted by Gasteiger charge is -2.24. The second-order valence-electron chi connectivity index (χ2n) is 6.54. The molecule has 1 N–H and O–H groups in total. The summed E-state index contributed by atoms with van der Waals surface area (Å²) in [5.41, 5.74) is 2.68. The summed E-state index contributed by atoms with van der Waals surface area (Å²) in [6, 6.07) is 9.04. The van der Waals surface area contributed by atoms with Crippen LogP contribution in [0.25, 0.3) is 0 Å². The van der Waals surface area contributed by atoms with Crippen LogP contribution in [0.4, 0.5) is 0 Å². The van der Waals surface area contributed by atoms with E-state index in [1.54, 1.807) is 0 Å². The van der Waals surface area contributed by atoms with E-state index >= 15 is 0 Å². The van der Waals surface area contributed by atoms with E-state index in [0.29, 0.717) is 11.5 Å². The van der Waals surface area contributed by atoms with Crippen LogP contribution in [0.3, 0.4) is 0 Å². The molecule has 21 heavy (non-hydrogen) atoms. The van der Waals surface area contributed by atoms with Crippen molar-refractivity contribution in [3.8, 4) is 0 Å². The highest BCUT2D eigenvalue weighted by Gasteiger charge is 2.34. The summed E-state index contributed by atoms with van der Waals surface area (Å²) in [5.74, 6) is 1.67. The van der Waals surface area contributed by atoms with Crippen molar-refractivity contribution >= 4 is 9.84 Å². The van der Waals surface area contributed by atoms with Gasteiger partial charge in [0.25, 0.3) is 0 Å². The zero-order chi connectivity index (χ0) is 14.9. The minimum absolute atomic E-state index is 0.176. The van der Waals surface area contributed by atoms with E-state index in [0.717, 1.165) is 25.3 Å². The van der Waals surface area contributed by atoms with Crippen LogP contribution in [0.15, 0.2) is 24.3 Å². The number of nitrogens with one attached hydrogen (secondary N) is 1. The van der Waals surface area contributed by atoms with E-state index in [1.165, 1.54) is 24.0 Å². The molecule has 1 aliphatic heterocycles. The number of sulfone groups is 1. The van der Waals surface area contributed by atoms with Gasteiger partial charge in [0.15, 0.2) is 9.84 Å². The molecule has 1 saturated carbocycles. The van der Waals surface area contributed by atoms with Crippen LogP contribution in [0, 0.1) is 5.92 Å². The van der Waals surface area contributed by atoms with E-state index < -0.39 is 9.84 Å². The highest BCUT2D eigenvalue weighted by molar-refractivity contribution is 7.91. The Bertz CT molecular complexity index is 575. The molecule has 2 fully saturated rings. The molecular formula is C17H25NO2S. The summed E-state index contributed by atoms with van der Waals surface area (Å²) in [7, 11) is -2.83. The van der Waals surface area contributed by atoms with Gasteiger partial charge in [-0.15, -0.1) is 0 Å². The lowest BCUT2D eigenvalue weighted by atomic mass is 9.91. The van der Waals surface area contributed by atoms with E-state index in [-0.39, 0.29) is 12.0 Å². The molecule has 3 nitrogen and oxygen atoms in total. The molecule has 0 spiro atoms. The number of rotatable bonds is 6. The highest BCUT2D eigenvalue weighted by Crippen LogP contribution is 2.40. The van der Waals surface area contributed by atoms with Crippen LogP contribution >= 0.6 is 0 Å². The minimum atomic E-state index is -2.83. The molecule has 1 saturated heterocycles. The van der Waals surface area contributed by atoms with Gasteiger partial charge >= 0.3 is 0 Å². The average Bonchev–Trinajstić information content (AvgIpc) is 3.25. The lowest BCUT2D eigenvalue weighted by Crippen LogP contribution is -2.29. The molecule has 2 unspecified atom stereocenters. The predicted molar refractivity (Wildman–Crippen MR) is 86.2 cm³/mol. The van der Waals surface area contributed by atoms with Crippen LogP contribution in [-0.2, 0) is 9.84 Å². The van der Waals surface area contributed by atoms with E-state index in [4.69, 9.17) is 0 Å². The monoisotopic (exact) mass is 307 g/mol. The van der Waals surface area contributed by atoms with Gasteiger partial charge in [0, 0.05) is 6.04 Å². The Morgan fingerprint density at radius 2 is 1.90 bits per heavy atom. The van der Waals surface area contributed by atoms with Gasteiger partial charge in [-0.2, -0.15) is 0 Å². The lowest BCUT2D eigenvalue weighted by molar-refractivity contribution is 0.392. The van der Waals surface area contributed by atoms with Gasteiger partial charge in [0.2, 0.25) is 0 Å². The van der Waals surface area contributed by atoms with E-state index in [2.05, 4.69) is 36.5 Å². The quantitative estimate of drug-likeness (QED) is 0.878. The van der Waals surface area contributed by atoms with Crippen molar-refractivity contribution in [1.82, 2.24) is 5.32 Å². The summed E-state index contributed by atoms with van der Waals surface area (Å²) in [6.45, 7) is 3.08. The number of hydrogen-bond donors (Lipinski definition) is 1. The minimum Gasteiger partial charge on any atom is -0.310 e. The summed E-state index contributed by atoms with van der Waals surface area (Å²) in [5, 5.41) is 3.57. The van der Waals surface area contributed by atoms with Crippen LogP contribution in [0.1, 0.15) is 55.7 Å². The maximum Gasteiger partial charge on any atom is 0.150 e. The molecule has 4 heteroatoms. The van der Waals surface area contributed by atoms with Gasteiger partial charge in [-0.3, -0.25) is 0 Å². The zero-order valence-electron chi connectivity index (χ0n) is 12.7. The number of hydrogen-bond acceptors (Lipinski definition) is 3. The Labute approximate surface area is 128 Å². The SMILES string of the molecule is CCCNC(c1ccc(C2CC2)cc1)C1CCS(=O)(=O)C1. The van der Waals surface area contributed by atoms with Crippen molar-refractivity contribution in [2.45, 2.75) is 44.6 Å². The van der Waals surface area contributed by atoms with Gasteiger partial charge in [0.1, 0.15) is 0 Å². The summed E-state index contributed by atoms with van der Waals surface area (Å²) < 4.78 is 23.5. The Balaban J connectivity index is 1.77. The zero-order valence-corrected chi connectivity index (χ0v) is 13.5. The summed E-state index contributed by atoms with van der Waals surface area (Å²) >= 11 is 0.